The largest absolute Gasteiger partial charge is 0.381 e. The summed E-state index contributed by atoms with van der Waals surface area (Å²) in [4.78, 5) is 10.1. The molecule has 1 fully saturated rings. The Morgan fingerprint density at radius 2 is 2.44 bits per heavy atom. The summed E-state index contributed by atoms with van der Waals surface area (Å²) in [6.45, 7) is 1.39. The van der Waals surface area contributed by atoms with E-state index in [0.717, 1.165) is 19.4 Å². The molecule has 0 aliphatic carbocycles. The van der Waals surface area contributed by atoms with Crippen LogP contribution in [0.1, 0.15) is 18.4 Å². The van der Waals surface area contributed by atoms with Crippen molar-refractivity contribution in [1.82, 2.24) is 0 Å². The molecule has 1 aromatic rings. The Labute approximate surface area is 104 Å². The quantitative estimate of drug-likeness (QED) is 0.649. The lowest BCUT2D eigenvalue weighted by molar-refractivity contribution is -0.384. The van der Waals surface area contributed by atoms with Crippen LogP contribution in [0.5, 0.6) is 0 Å². The first-order chi connectivity index (χ1) is 8.70. The lowest BCUT2D eigenvalue weighted by atomic mass is 10.1. The van der Waals surface area contributed by atoms with Gasteiger partial charge in [-0.25, -0.2) is 0 Å². The van der Waals surface area contributed by atoms with Crippen molar-refractivity contribution in [3.05, 3.63) is 33.9 Å². The van der Waals surface area contributed by atoms with E-state index in [9.17, 15) is 10.1 Å². The molecule has 1 saturated heterocycles. The van der Waals surface area contributed by atoms with Gasteiger partial charge in [0.2, 0.25) is 0 Å². The van der Waals surface area contributed by atoms with Gasteiger partial charge in [0.15, 0.2) is 0 Å². The number of rotatable bonds is 4. The number of nitro groups is 1. The first-order valence-corrected chi connectivity index (χ1v) is 5.74. The number of nitrogens with one attached hydrogen (secondary N) is 1. The first-order valence-electron chi connectivity index (χ1n) is 5.74. The standard InChI is InChI=1S/C12H13N3O3/c13-7-9-6-10(15(16)17)3-4-12(9)14-8-11-2-1-5-18-11/h3-4,6,11,14H,1-2,5,8H2/t11-/m1/s1. The molecule has 6 nitrogen and oxygen atoms in total. The number of anilines is 1. The van der Waals surface area contributed by atoms with Gasteiger partial charge in [-0.05, 0) is 18.9 Å². The summed E-state index contributed by atoms with van der Waals surface area (Å²) in [7, 11) is 0. The van der Waals surface area contributed by atoms with Crippen LogP contribution in [0, 0.1) is 21.4 Å². The van der Waals surface area contributed by atoms with Crippen molar-refractivity contribution in [2.75, 3.05) is 18.5 Å². The number of benzene rings is 1. The molecular formula is C12H13N3O3. The van der Waals surface area contributed by atoms with Crippen molar-refractivity contribution in [3.63, 3.8) is 0 Å². The maximum Gasteiger partial charge on any atom is 0.270 e. The van der Waals surface area contributed by atoms with Crippen LogP contribution in [0.4, 0.5) is 11.4 Å². The highest BCUT2D eigenvalue weighted by Crippen LogP contribution is 2.22. The number of ether oxygens (including phenoxy) is 1. The summed E-state index contributed by atoms with van der Waals surface area (Å²) in [5.41, 5.74) is 0.815. The van der Waals surface area contributed by atoms with Gasteiger partial charge in [-0.2, -0.15) is 5.26 Å². The fourth-order valence-electron chi connectivity index (χ4n) is 1.92. The molecule has 1 aromatic carbocycles. The van der Waals surface area contributed by atoms with Crippen LogP contribution in [0.25, 0.3) is 0 Å². The molecule has 1 aliphatic heterocycles. The van der Waals surface area contributed by atoms with E-state index < -0.39 is 4.92 Å². The number of hydrogen-bond donors (Lipinski definition) is 1. The number of nitriles is 1. The van der Waals surface area contributed by atoms with Crippen molar-refractivity contribution in [1.29, 1.82) is 5.26 Å². The monoisotopic (exact) mass is 247 g/mol. The second-order valence-corrected chi connectivity index (χ2v) is 4.11. The molecule has 94 valence electrons. The van der Waals surface area contributed by atoms with Gasteiger partial charge in [0.1, 0.15) is 6.07 Å². The Morgan fingerprint density at radius 1 is 1.61 bits per heavy atom. The Kier molecular flexibility index (Phi) is 3.75. The fourth-order valence-corrected chi connectivity index (χ4v) is 1.92. The van der Waals surface area contributed by atoms with Gasteiger partial charge in [0.05, 0.1) is 22.3 Å². The lowest BCUT2D eigenvalue weighted by Crippen LogP contribution is -2.18. The number of non-ortho nitro benzene ring substituents is 1. The predicted molar refractivity (Wildman–Crippen MR) is 65.3 cm³/mol. The highest BCUT2D eigenvalue weighted by Gasteiger charge is 2.16. The van der Waals surface area contributed by atoms with Crippen LogP contribution in [0.2, 0.25) is 0 Å². The first kappa shape index (κ1) is 12.3. The zero-order chi connectivity index (χ0) is 13.0. The summed E-state index contributed by atoms with van der Waals surface area (Å²) in [5, 5.41) is 22.7. The third-order valence-corrected chi connectivity index (χ3v) is 2.88. The minimum Gasteiger partial charge on any atom is -0.381 e. The third kappa shape index (κ3) is 2.76. The summed E-state index contributed by atoms with van der Waals surface area (Å²) in [5.74, 6) is 0. The van der Waals surface area contributed by atoms with Crippen molar-refractivity contribution in [2.45, 2.75) is 18.9 Å². The van der Waals surface area contributed by atoms with Crippen molar-refractivity contribution < 1.29 is 9.66 Å². The van der Waals surface area contributed by atoms with E-state index in [-0.39, 0.29) is 17.4 Å². The minimum absolute atomic E-state index is 0.0748. The van der Waals surface area contributed by atoms with E-state index >= 15 is 0 Å². The molecule has 0 amide bonds. The van der Waals surface area contributed by atoms with Gasteiger partial charge in [0, 0.05) is 25.3 Å². The predicted octanol–water partition coefficient (Wildman–Crippen LogP) is 2.06. The molecule has 0 unspecified atom stereocenters. The Morgan fingerprint density at radius 3 is 3.06 bits per heavy atom. The Bertz CT molecular complexity index is 490. The van der Waals surface area contributed by atoms with Crippen LogP contribution < -0.4 is 5.32 Å². The van der Waals surface area contributed by atoms with Crippen LogP contribution in [0.3, 0.4) is 0 Å². The normalized spacial score (nSPS) is 18.3. The maximum atomic E-state index is 10.6. The molecule has 0 spiro atoms. The van der Waals surface area contributed by atoms with Gasteiger partial charge in [-0.15, -0.1) is 0 Å². The molecule has 2 rings (SSSR count). The topological polar surface area (TPSA) is 88.2 Å². The van der Waals surface area contributed by atoms with Crippen molar-refractivity contribution >= 4 is 11.4 Å². The highest BCUT2D eigenvalue weighted by molar-refractivity contribution is 5.61. The number of nitro benzene ring substituents is 1. The molecule has 0 saturated carbocycles. The Balaban J connectivity index is 2.07. The highest BCUT2D eigenvalue weighted by atomic mass is 16.6. The third-order valence-electron chi connectivity index (χ3n) is 2.88. The fraction of sp³-hybridized carbons (Fsp3) is 0.417. The van der Waals surface area contributed by atoms with Gasteiger partial charge in [-0.3, -0.25) is 10.1 Å². The summed E-state index contributed by atoms with van der Waals surface area (Å²) in [6, 6.07) is 6.18. The second kappa shape index (κ2) is 5.47. The molecule has 6 heteroatoms. The van der Waals surface area contributed by atoms with E-state index in [4.69, 9.17) is 10.00 Å². The summed E-state index contributed by atoms with van der Waals surface area (Å²) in [6.07, 6.45) is 2.21. The lowest BCUT2D eigenvalue weighted by Gasteiger charge is -2.12. The molecule has 0 radical (unpaired) electrons. The molecule has 1 atom stereocenters. The molecule has 1 heterocycles. The van der Waals surface area contributed by atoms with Gasteiger partial charge in [-0.1, -0.05) is 0 Å². The number of nitrogens with zero attached hydrogens (tertiary/aromatic N) is 2. The molecule has 0 aromatic heterocycles. The average molecular weight is 247 g/mol. The summed E-state index contributed by atoms with van der Waals surface area (Å²) < 4.78 is 5.46. The maximum absolute atomic E-state index is 10.6. The molecule has 1 N–H and O–H groups in total. The van der Waals surface area contributed by atoms with E-state index in [1.165, 1.54) is 12.1 Å². The van der Waals surface area contributed by atoms with E-state index in [1.54, 1.807) is 6.07 Å². The van der Waals surface area contributed by atoms with Crippen molar-refractivity contribution in [2.24, 2.45) is 0 Å². The van der Waals surface area contributed by atoms with Gasteiger partial charge in [0.25, 0.3) is 5.69 Å². The molecule has 1 aliphatic rings. The van der Waals surface area contributed by atoms with E-state index in [0.29, 0.717) is 12.2 Å². The van der Waals surface area contributed by atoms with Crippen LogP contribution in [-0.4, -0.2) is 24.2 Å². The van der Waals surface area contributed by atoms with Gasteiger partial charge >= 0.3 is 0 Å². The smallest absolute Gasteiger partial charge is 0.270 e. The van der Waals surface area contributed by atoms with Crippen molar-refractivity contribution in [3.8, 4) is 6.07 Å². The zero-order valence-corrected chi connectivity index (χ0v) is 9.76. The minimum atomic E-state index is -0.509. The van der Waals surface area contributed by atoms with E-state index in [2.05, 4.69) is 5.32 Å². The van der Waals surface area contributed by atoms with Gasteiger partial charge < -0.3 is 10.1 Å². The number of hydrogen-bond acceptors (Lipinski definition) is 5. The summed E-state index contributed by atoms with van der Waals surface area (Å²) >= 11 is 0. The van der Waals surface area contributed by atoms with E-state index in [1.807, 2.05) is 6.07 Å². The zero-order valence-electron chi connectivity index (χ0n) is 9.76. The molecule has 0 bridgehead atoms. The van der Waals surface area contributed by atoms with Crippen LogP contribution >= 0.6 is 0 Å². The SMILES string of the molecule is N#Cc1cc([N+](=O)[O-])ccc1NC[C@H]1CCCO1. The Hall–Kier alpha value is -2.13. The molecule has 18 heavy (non-hydrogen) atoms. The average Bonchev–Trinajstić information content (AvgIpc) is 2.89. The van der Waals surface area contributed by atoms with Crippen LogP contribution in [0.15, 0.2) is 18.2 Å². The van der Waals surface area contributed by atoms with Crippen LogP contribution in [-0.2, 0) is 4.74 Å². The second-order valence-electron chi connectivity index (χ2n) is 4.11. The molecular weight excluding hydrogens is 234 g/mol.